The Kier molecular flexibility index (Phi) is 4.04. The van der Waals surface area contributed by atoms with Crippen molar-refractivity contribution in [3.8, 4) is 0 Å². The van der Waals surface area contributed by atoms with Crippen molar-refractivity contribution in [2.24, 2.45) is 0 Å². The minimum atomic E-state index is -6.15. The highest BCUT2D eigenvalue weighted by atomic mass is 32.3. The van der Waals surface area contributed by atoms with Gasteiger partial charge in [0.1, 0.15) is 29.4 Å². The molecule has 22 heteroatoms. The van der Waals surface area contributed by atoms with E-state index in [4.69, 9.17) is 0 Å². The molecule has 0 spiro atoms. The van der Waals surface area contributed by atoms with Crippen molar-refractivity contribution < 1.29 is 66.9 Å². The van der Waals surface area contributed by atoms with Gasteiger partial charge in [0.2, 0.25) is 0 Å². The summed E-state index contributed by atoms with van der Waals surface area (Å²) in [6, 6.07) is 0. The fourth-order valence-electron chi connectivity index (χ4n) is 2.37. The van der Waals surface area contributed by atoms with Gasteiger partial charge in [-0.15, -0.1) is 7.26 Å². The van der Waals surface area contributed by atoms with E-state index in [0.717, 1.165) is 0 Å². The number of rotatable bonds is 2. The summed E-state index contributed by atoms with van der Waals surface area (Å²) in [5.74, 6) is 0. The van der Waals surface area contributed by atoms with Crippen LogP contribution in [0.5, 0.6) is 0 Å². The zero-order chi connectivity index (χ0) is 21.9. The first-order chi connectivity index (χ1) is 12.1. The van der Waals surface area contributed by atoms with Crippen molar-refractivity contribution in [3.63, 3.8) is 0 Å². The van der Waals surface area contributed by atoms with Crippen molar-refractivity contribution in [1.82, 2.24) is 0 Å². The van der Waals surface area contributed by atoms with E-state index in [1.54, 1.807) is 0 Å². The third-order valence-electron chi connectivity index (χ3n) is 3.11. The van der Waals surface area contributed by atoms with Gasteiger partial charge in [-0.2, -0.15) is 50.5 Å². The molecule has 3 rings (SSSR count). The van der Waals surface area contributed by atoms with Crippen LogP contribution >= 0.6 is 0 Å². The summed E-state index contributed by atoms with van der Waals surface area (Å²) < 4.78 is 168. The zero-order valence-electron chi connectivity index (χ0n) is 12.1. The van der Waals surface area contributed by atoms with Crippen LogP contribution in [0.2, 0.25) is 0 Å². The molecular weight excluding hydrogens is 520 g/mol. The summed E-state index contributed by atoms with van der Waals surface area (Å²) >= 11 is 0. The minimum Gasteiger partial charge on any atom is -0.282 e. The normalized spacial score (nSPS) is 23.8. The molecule has 1 aromatic rings. The van der Waals surface area contributed by atoms with Gasteiger partial charge in [-0.25, -0.2) is 0 Å². The van der Waals surface area contributed by atoms with Crippen LogP contribution in [0.15, 0.2) is 29.4 Å². The Morgan fingerprint density at radius 3 is 0.929 bits per heavy atom. The third kappa shape index (κ3) is 2.79. The lowest BCUT2D eigenvalue weighted by Gasteiger charge is -2.11. The van der Waals surface area contributed by atoms with Crippen LogP contribution in [0.25, 0.3) is 0 Å². The van der Waals surface area contributed by atoms with E-state index in [1.165, 1.54) is 0 Å². The lowest BCUT2D eigenvalue weighted by atomic mass is 10.3. The van der Waals surface area contributed by atoms with Gasteiger partial charge < -0.3 is 0 Å². The average molecular weight is 522 g/mol. The fourth-order valence-corrected chi connectivity index (χ4v) is 13.4. The lowest BCUT2D eigenvalue weighted by Crippen LogP contribution is -2.18. The maximum atomic E-state index is 12.0. The van der Waals surface area contributed by atoms with E-state index in [1.807, 2.05) is 0 Å². The van der Waals surface area contributed by atoms with Gasteiger partial charge in [0.05, 0.1) is 0 Å². The summed E-state index contributed by atoms with van der Waals surface area (Å²) in [7, 11) is -35.5. The summed E-state index contributed by atoms with van der Waals surface area (Å²) in [6.45, 7) is 0. The molecule has 16 nitrogen and oxygen atoms in total. The first-order valence-electron chi connectivity index (χ1n) is 5.76. The van der Waals surface area contributed by atoms with Gasteiger partial charge in [-0.3, -0.25) is 9.11 Å². The van der Waals surface area contributed by atoms with Crippen LogP contribution in [0.1, 0.15) is 0 Å². The second kappa shape index (κ2) is 5.27. The standard InChI is InChI=1S/C6H2O16S6/c7-23(8,9)1-2(24(10,11)12)4-6(28(19,20)22-26(4,15)16)5-3(1)25(13,14)21-27(5,17)18/h(H,7,8,9)(H,10,11,12). The Hall–Kier alpha value is -1.24. The molecule has 28 heavy (non-hydrogen) atoms. The van der Waals surface area contributed by atoms with Crippen molar-refractivity contribution in [3.05, 3.63) is 0 Å². The molecule has 0 bridgehead atoms. The van der Waals surface area contributed by atoms with Crippen molar-refractivity contribution in [2.45, 2.75) is 29.4 Å². The monoisotopic (exact) mass is 522 g/mol. The first kappa shape index (κ1) is 21.5. The summed E-state index contributed by atoms with van der Waals surface area (Å²) in [5, 5.41) is 0. The molecule has 0 amide bonds. The van der Waals surface area contributed by atoms with Crippen molar-refractivity contribution in [1.29, 1.82) is 0 Å². The first-order valence-corrected chi connectivity index (χ1v) is 14.3. The molecule has 158 valence electrons. The predicted molar refractivity (Wildman–Crippen MR) is 77.0 cm³/mol. The Balaban J connectivity index is 3.01. The largest absolute Gasteiger partial charge is 0.314 e. The number of hydrogen-bond donors (Lipinski definition) is 2. The second-order valence-corrected chi connectivity index (χ2v) is 13.9. The molecule has 0 fully saturated rings. The molecule has 2 aliphatic rings. The molecule has 0 radical (unpaired) electrons. The quantitative estimate of drug-likeness (QED) is 0.366. The highest BCUT2D eigenvalue weighted by molar-refractivity contribution is 8.05. The Morgan fingerprint density at radius 2 is 0.714 bits per heavy atom. The third-order valence-corrected chi connectivity index (χ3v) is 12.2. The molecule has 0 saturated carbocycles. The fraction of sp³-hybridized carbons (Fsp3) is 0. The van der Waals surface area contributed by atoms with Crippen molar-refractivity contribution >= 4 is 60.7 Å². The molecule has 2 heterocycles. The average Bonchev–Trinajstić information content (AvgIpc) is 2.69. The summed E-state index contributed by atoms with van der Waals surface area (Å²) in [6.07, 6.45) is 0. The maximum absolute atomic E-state index is 12.0. The second-order valence-electron chi connectivity index (χ2n) is 4.88. The van der Waals surface area contributed by atoms with Gasteiger partial charge >= 0.3 is 40.5 Å². The van der Waals surface area contributed by atoms with E-state index in [9.17, 15) is 59.6 Å². The van der Waals surface area contributed by atoms with E-state index in [2.05, 4.69) is 7.26 Å². The molecular formula is C6H2O16S6. The predicted octanol–water partition coefficient (Wildman–Crippen LogP) is -3.00. The number of hydrogen-bond acceptors (Lipinski definition) is 14. The van der Waals surface area contributed by atoms with E-state index in [-0.39, 0.29) is 0 Å². The zero-order valence-corrected chi connectivity index (χ0v) is 17.0. The Bertz CT molecular complexity index is 1490. The number of fused-ring (bicyclic) bond motifs is 3. The highest BCUT2D eigenvalue weighted by Gasteiger charge is 2.59. The van der Waals surface area contributed by atoms with E-state index >= 15 is 0 Å². The van der Waals surface area contributed by atoms with Gasteiger partial charge in [0.25, 0.3) is 20.2 Å². The van der Waals surface area contributed by atoms with Crippen LogP contribution in [0.4, 0.5) is 0 Å². The van der Waals surface area contributed by atoms with Crippen LogP contribution in [-0.4, -0.2) is 59.6 Å². The Morgan fingerprint density at radius 1 is 0.500 bits per heavy atom. The van der Waals surface area contributed by atoms with Crippen molar-refractivity contribution in [2.75, 3.05) is 0 Å². The van der Waals surface area contributed by atoms with Gasteiger partial charge in [-0.1, -0.05) is 0 Å². The van der Waals surface area contributed by atoms with Crippen LogP contribution in [-0.2, 0) is 68.0 Å². The summed E-state index contributed by atoms with van der Waals surface area (Å²) in [5.41, 5.74) is 0. The highest BCUT2D eigenvalue weighted by Crippen LogP contribution is 2.52. The smallest absolute Gasteiger partial charge is 0.282 e. The minimum absolute atomic E-state index is 2.14. The molecule has 1 aromatic carbocycles. The molecule has 2 N–H and O–H groups in total. The molecule has 0 unspecified atom stereocenters. The van der Waals surface area contributed by atoms with Gasteiger partial charge in [-0.05, 0) is 0 Å². The van der Waals surface area contributed by atoms with Crippen LogP contribution in [0.3, 0.4) is 0 Å². The topological polar surface area (TPSA) is 264 Å². The van der Waals surface area contributed by atoms with Crippen LogP contribution < -0.4 is 0 Å². The van der Waals surface area contributed by atoms with E-state index < -0.39 is 90.1 Å². The molecule has 0 aromatic heterocycles. The van der Waals surface area contributed by atoms with Gasteiger partial charge in [0, 0.05) is 0 Å². The maximum Gasteiger partial charge on any atom is 0.314 e. The summed E-state index contributed by atoms with van der Waals surface area (Å²) in [4.78, 5) is -13.7. The Labute approximate surface area is 156 Å². The molecule has 0 saturated heterocycles. The van der Waals surface area contributed by atoms with E-state index in [0.29, 0.717) is 0 Å². The number of benzene rings is 1. The molecule has 2 aliphatic heterocycles. The SMILES string of the molecule is O=S(=O)(O)c1c(S(=O)(=O)O)c2c(c3c1S(=O)(=O)OS3(=O)=O)S(=O)(=O)OS2(=O)=O. The lowest BCUT2D eigenvalue weighted by molar-refractivity contribution is 0.453. The molecule has 0 aliphatic carbocycles. The van der Waals surface area contributed by atoms with Gasteiger partial charge in [0.15, 0.2) is 0 Å². The van der Waals surface area contributed by atoms with Crippen LogP contribution in [0, 0.1) is 0 Å². The molecule has 0 atom stereocenters.